The lowest BCUT2D eigenvalue weighted by molar-refractivity contribution is -0.131. The molecule has 10 heteroatoms. The lowest BCUT2D eigenvalue weighted by Crippen LogP contribution is -2.57. The molecule has 1 atom stereocenters. The average molecular weight is 652 g/mol. The summed E-state index contributed by atoms with van der Waals surface area (Å²) in [4.78, 5) is 38.2. The van der Waals surface area contributed by atoms with E-state index in [0.717, 1.165) is 52.6 Å². The molecule has 3 N–H and O–H groups in total. The van der Waals surface area contributed by atoms with Crippen LogP contribution in [-0.4, -0.2) is 60.4 Å². The molecule has 250 valence electrons. The van der Waals surface area contributed by atoms with E-state index >= 15 is 0 Å². The fourth-order valence-electron chi connectivity index (χ4n) is 6.92. The van der Waals surface area contributed by atoms with Crippen LogP contribution in [0.4, 0.5) is 5.69 Å². The number of aromatic nitrogens is 1. The van der Waals surface area contributed by atoms with Crippen LogP contribution in [0.2, 0.25) is 0 Å². The molecule has 0 bridgehead atoms. The predicted molar refractivity (Wildman–Crippen MR) is 185 cm³/mol. The van der Waals surface area contributed by atoms with E-state index in [-0.39, 0.29) is 6.61 Å². The first-order valence-corrected chi connectivity index (χ1v) is 16.3. The number of carboxylic acid groups (broad SMARTS) is 1. The summed E-state index contributed by atoms with van der Waals surface area (Å²) in [6.07, 6.45) is 8.37. The molecule has 10 nitrogen and oxygen atoms in total. The minimum Gasteiger partial charge on any atom is -0.497 e. The summed E-state index contributed by atoms with van der Waals surface area (Å²) in [6, 6.07) is 18.5. The summed E-state index contributed by atoms with van der Waals surface area (Å²) in [7, 11) is 3.13. The zero-order valence-electron chi connectivity index (χ0n) is 27.5. The van der Waals surface area contributed by atoms with Gasteiger partial charge in [0.1, 0.15) is 23.6 Å². The highest BCUT2D eigenvalue weighted by Gasteiger charge is 2.36. The second kappa shape index (κ2) is 13.9. The Morgan fingerprint density at radius 1 is 1.02 bits per heavy atom. The standard InChI is InChI=1S/C38H41N3O7/c1-38(23-46-2,37(45)39-27-13-9-24(10-14-27)11-18-33(42)43)40-36(44)26-12-16-29-31(21-26)41-19-20-48-32-22-28(47-3)15-17-30(32)35(41)34(29)25-7-5-4-6-8-25/h9-18,21-22,25H,4-8,19-20,23H2,1-3H3,(H,39,45)(H,40,44)(H,42,43)/t38-/m0/s1. The van der Waals surface area contributed by atoms with Gasteiger partial charge in [-0.2, -0.15) is 0 Å². The number of aliphatic carboxylic acids is 1. The van der Waals surface area contributed by atoms with Crippen molar-refractivity contribution < 1.29 is 33.7 Å². The van der Waals surface area contributed by atoms with E-state index in [4.69, 9.17) is 19.3 Å². The van der Waals surface area contributed by atoms with Gasteiger partial charge in [0.05, 0.1) is 26.0 Å². The molecule has 0 spiro atoms. The lowest BCUT2D eigenvalue weighted by Gasteiger charge is -2.29. The van der Waals surface area contributed by atoms with Gasteiger partial charge in [0, 0.05) is 47.0 Å². The molecule has 1 aliphatic heterocycles. The monoisotopic (exact) mass is 651 g/mol. The van der Waals surface area contributed by atoms with Gasteiger partial charge in [-0.25, -0.2) is 4.79 Å². The highest BCUT2D eigenvalue weighted by atomic mass is 16.5. The Labute approximate surface area is 279 Å². The molecule has 1 aromatic heterocycles. The molecule has 4 aromatic rings. The topological polar surface area (TPSA) is 128 Å². The van der Waals surface area contributed by atoms with Crippen LogP contribution in [0, 0.1) is 0 Å². The van der Waals surface area contributed by atoms with Gasteiger partial charge in [0.25, 0.3) is 11.8 Å². The average Bonchev–Trinajstić information content (AvgIpc) is 3.29. The Balaban J connectivity index is 1.32. The Hall–Kier alpha value is -5.09. The normalized spacial score (nSPS) is 15.9. The maximum Gasteiger partial charge on any atom is 0.328 e. The summed E-state index contributed by atoms with van der Waals surface area (Å²) in [5.41, 5.74) is 4.63. The fourth-order valence-corrected chi connectivity index (χ4v) is 6.92. The summed E-state index contributed by atoms with van der Waals surface area (Å²) in [5.74, 6) is 0.0397. The Bertz CT molecular complexity index is 1870. The molecule has 0 saturated heterocycles. The smallest absolute Gasteiger partial charge is 0.328 e. The van der Waals surface area contributed by atoms with Crippen molar-refractivity contribution in [1.82, 2.24) is 9.88 Å². The maximum absolute atomic E-state index is 13.9. The van der Waals surface area contributed by atoms with E-state index in [0.29, 0.717) is 35.9 Å². The minimum atomic E-state index is -1.39. The molecule has 0 radical (unpaired) electrons. The largest absolute Gasteiger partial charge is 0.497 e. The first-order chi connectivity index (χ1) is 23.2. The van der Waals surface area contributed by atoms with Crippen molar-refractivity contribution in [1.29, 1.82) is 0 Å². The van der Waals surface area contributed by atoms with Crippen LogP contribution in [0.3, 0.4) is 0 Å². The Morgan fingerprint density at radius 3 is 2.50 bits per heavy atom. The summed E-state index contributed by atoms with van der Waals surface area (Å²) >= 11 is 0. The van der Waals surface area contributed by atoms with Gasteiger partial charge in [-0.05, 0) is 79.3 Å². The zero-order valence-corrected chi connectivity index (χ0v) is 27.5. The number of carbonyl (C=O) groups is 3. The number of methoxy groups -OCH3 is 2. The summed E-state index contributed by atoms with van der Waals surface area (Å²) < 4.78 is 19.4. The van der Waals surface area contributed by atoms with Crippen molar-refractivity contribution in [2.24, 2.45) is 0 Å². The van der Waals surface area contributed by atoms with Crippen LogP contribution >= 0.6 is 0 Å². The molecule has 3 aromatic carbocycles. The van der Waals surface area contributed by atoms with Gasteiger partial charge < -0.3 is 34.5 Å². The number of rotatable bonds is 10. The van der Waals surface area contributed by atoms with Gasteiger partial charge in [-0.1, -0.05) is 37.5 Å². The fraction of sp³-hybridized carbons (Fsp3) is 0.342. The molecule has 2 heterocycles. The highest BCUT2D eigenvalue weighted by molar-refractivity contribution is 6.05. The number of carbonyl (C=O) groups excluding carboxylic acids is 2. The Morgan fingerprint density at radius 2 is 1.79 bits per heavy atom. The molecular formula is C38H41N3O7. The lowest BCUT2D eigenvalue weighted by atomic mass is 9.81. The molecule has 1 saturated carbocycles. The number of ether oxygens (including phenoxy) is 3. The van der Waals surface area contributed by atoms with E-state index in [1.165, 1.54) is 38.0 Å². The van der Waals surface area contributed by atoms with Gasteiger partial charge in [-0.15, -0.1) is 0 Å². The number of anilines is 1. The number of benzene rings is 3. The van der Waals surface area contributed by atoms with Crippen molar-refractivity contribution >= 4 is 40.4 Å². The van der Waals surface area contributed by atoms with Crippen LogP contribution in [0.15, 0.2) is 66.7 Å². The summed E-state index contributed by atoms with van der Waals surface area (Å²) in [6.45, 7) is 2.66. The maximum atomic E-state index is 13.9. The van der Waals surface area contributed by atoms with Gasteiger partial charge in [0.2, 0.25) is 0 Å². The molecular weight excluding hydrogens is 610 g/mol. The number of hydrogen-bond acceptors (Lipinski definition) is 6. The molecule has 2 amide bonds. The SMILES string of the molecule is COC[C@](C)(NC(=O)c1ccc2c(C3CCCCC3)c3n(c2c1)CCOc1cc(OC)ccc1-3)C(=O)Nc1ccc(C=CC(=O)O)cc1. The quantitative estimate of drug-likeness (QED) is 0.164. The second-order valence-corrected chi connectivity index (χ2v) is 12.7. The third-order valence-electron chi connectivity index (χ3n) is 9.31. The van der Waals surface area contributed by atoms with Gasteiger partial charge in [0.15, 0.2) is 0 Å². The van der Waals surface area contributed by atoms with Gasteiger partial charge >= 0.3 is 5.97 Å². The van der Waals surface area contributed by atoms with Crippen LogP contribution < -0.4 is 20.1 Å². The molecule has 2 aliphatic rings. The van der Waals surface area contributed by atoms with Crippen molar-refractivity contribution in [2.75, 3.05) is 32.8 Å². The van der Waals surface area contributed by atoms with Crippen LogP contribution in [0.5, 0.6) is 11.5 Å². The van der Waals surface area contributed by atoms with Crippen LogP contribution in [0.1, 0.15) is 66.4 Å². The molecule has 1 fully saturated rings. The van der Waals surface area contributed by atoms with Crippen molar-refractivity contribution in [2.45, 2.75) is 57.0 Å². The summed E-state index contributed by atoms with van der Waals surface area (Å²) in [5, 5.41) is 15.8. The molecule has 1 aliphatic carbocycles. The third-order valence-corrected chi connectivity index (χ3v) is 9.31. The van der Waals surface area contributed by atoms with E-state index in [9.17, 15) is 14.4 Å². The highest BCUT2D eigenvalue weighted by Crippen LogP contribution is 2.47. The molecule has 6 rings (SSSR count). The number of fused-ring (bicyclic) bond motifs is 5. The number of nitrogens with zero attached hydrogens (tertiary/aromatic N) is 1. The molecule has 0 unspecified atom stereocenters. The van der Waals surface area contributed by atoms with Crippen molar-refractivity contribution in [3.8, 4) is 22.8 Å². The first kappa shape index (κ1) is 32.8. The Kier molecular flexibility index (Phi) is 9.54. The minimum absolute atomic E-state index is 0.0593. The predicted octanol–water partition coefficient (Wildman–Crippen LogP) is 6.63. The van der Waals surface area contributed by atoms with Gasteiger partial charge in [-0.3, -0.25) is 9.59 Å². The number of nitrogens with one attached hydrogen (secondary N) is 2. The van der Waals surface area contributed by atoms with Crippen LogP contribution in [-0.2, 0) is 20.9 Å². The van der Waals surface area contributed by atoms with E-state index in [2.05, 4.69) is 21.3 Å². The number of carboxylic acids is 1. The number of amides is 2. The number of hydrogen-bond donors (Lipinski definition) is 3. The third kappa shape index (κ3) is 6.66. The first-order valence-electron chi connectivity index (χ1n) is 16.3. The second-order valence-electron chi connectivity index (χ2n) is 12.7. The van der Waals surface area contributed by atoms with Crippen molar-refractivity contribution in [3.63, 3.8) is 0 Å². The van der Waals surface area contributed by atoms with E-state index in [1.54, 1.807) is 38.3 Å². The van der Waals surface area contributed by atoms with Crippen LogP contribution in [0.25, 0.3) is 28.2 Å². The van der Waals surface area contributed by atoms with E-state index in [1.807, 2.05) is 30.3 Å². The molecule has 48 heavy (non-hydrogen) atoms. The zero-order chi connectivity index (χ0) is 33.8. The van der Waals surface area contributed by atoms with Crippen molar-refractivity contribution in [3.05, 3.63) is 83.4 Å². The van der Waals surface area contributed by atoms with E-state index < -0.39 is 23.3 Å².